The Hall–Kier alpha value is -3.50. The van der Waals surface area contributed by atoms with Gasteiger partial charge in [0.1, 0.15) is 5.69 Å². The molecule has 2 saturated heterocycles. The van der Waals surface area contributed by atoms with Crippen molar-refractivity contribution in [1.29, 1.82) is 0 Å². The maximum atomic E-state index is 11.5. The van der Waals surface area contributed by atoms with Gasteiger partial charge in [-0.3, -0.25) is 19.4 Å². The van der Waals surface area contributed by atoms with Crippen LogP contribution in [0.25, 0.3) is 33.6 Å². The zero-order valence-corrected chi connectivity index (χ0v) is 26.9. The van der Waals surface area contributed by atoms with Crippen molar-refractivity contribution in [3.05, 3.63) is 70.1 Å². The molecule has 1 amide bonds. The summed E-state index contributed by atoms with van der Waals surface area (Å²) in [5, 5.41) is 12.5. The van der Waals surface area contributed by atoms with E-state index in [2.05, 4.69) is 31.3 Å². The number of likely N-dealkylation sites (tertiary alicyclic amines) is 1. The fourth-order valence-electron chi connectivity index (χ4n) is 6.90. The average molecular weight is 647 g/mol. The summed E-state index contributed by atoms with van der Waals surface area (Å²) >= 11 is 14.2. The first-order valence-electron chi connectivity index (χ1n) is 15.8. The summed E-state index contributed by atoms with van der Waals surface area (Å²) in [6, 6.07) is 14.7. The first-order valence-corrected chi connectivity index (χ1v) is 16.6. The van der Waals surface area contributed by atoms with Crippen LogP contribution in [-0.2, 0) is 17.9 Å². The molecule has 3 aliphatic rings. The normalized spacial score (nSPS) is 19.9. The number of nitrogens with zero attached hydrogens (tertiary/aromatic N) is 5. The van der Waals surface area contributed by atoms with Crippen LogP contribution in [0.2, 0.25) is 10.0 Å². The first-order chi connectivity index (χ1) is 22.0. The summed E-state index contributed by atoms with van der Waals surface area (Å²) in [5.74, 6) is 0.523. The molecule has 0 radical (unpaired) electrons. The molecule has 1 unspecified atom stereocenters. The van der Waals surface area contributed by atoms with E-state index in [1.807, 2.05) is 36.4 Å². The lowest BCUT2D eigenvalue weighted by Crippen LogP contribution is -2.35. The molecule has 5 heterocycles. The molecule has 2 atom stereocenters. The maximum Gasteiger partial charge on any atom is 0.237 e. The quantitative estimate of drug-likeness (QED) is 0.221. The van der Waals surface area contributed by atoms with E-state index in [4.69, 9.17) is 38.0 Å². The highest BCUT2D eigenvalue weighted by Gasteiger charge is 2.30. The molecular formula is C34H37Cl2N7O2. The summed E-state index contributed by atoms with van der Waals surface area (Å²) in [6.45, 7) is 4.38. The lowest BCUT2D eigenvalue weighted by Gasteiger charge is -2.31. The van der Waals surface area contributed by atoms with Gasteiger partial charge in [0.05, 0.1) is 46.5 Å². The maximum absolute atomic E-state index is 11.5. The van der Waals surface area contributed by atoms with Crippen LogP contribution in [-0.4, -0.2) is 63.3 Å². The van der Waals surface area contributed by atoms with Crippen molar-refractivity contribution in [2.75, 3.05) is 26.7 Å². The molecule has 234 valence electrons. The standard InChI is InChI=1S/C34H37Cl2N7O2/c1-45-34-28(19-37-18-21-12-13-31(44)39-21)38-20-27(40-34)25-10-5-8-23(33(25)36)22-7-4-9-24(32(22)35)26-17-30-29(42-14-2-3-15-42)11-6-16-43(30)41-26/h4-5,7-10,17,20-21,29,37H,2-3,6,11-16,18-19H2,1H3,(H,39,44)/t21-,29?/m0/s1. The number of methoxy groups -OCH3 is 1. The third-order valence-electron chi connectivity index (χ3n) is 9.19. The predicted octanol–water partition coefficient (Wildman–Crippen LogP) is 6.29. The van der Waals surface area contributed by atoms with Crippen LogP contribution in [0.1, 0.15) is 56.0 Å². The van der Waals surface area contributed by atoms with E-state index >= 15 is 0 Å². The van der Waals surface area contributed by atoms with Crippen molar-refractivity contribution >= 4 is 29.1 Å². The Labute approximate surface area is 273 Å². The number of hydrogen-bond donors (Lipinski definition) is 2. The number of carbonyl (C=O) groups excluding carboxylic acids is 1. The molecule has 11 heteroatoms. The second kappa shape index (κ2) is 13.1. The van der Waals surface area contributed by atoms with E-state index in [1.54, 1.807) is 13.3 Å². The smallest absolute Gasteiger partial charge is 0.237 e. The van der Waals surface area contributed by atoms with E-state index in [1.165, 1.54) is 25.0 Å². The number of aryl methyl sites for hydroxylation is 1. The third kappa shape index (κ3) is 6.06. The second-order valence-corrected chi connectivity index (χ2v) is 12.8. The van der Waals surface area contributed by atoms with Crippen LogP contribution in [0.15, 0.2) is 48.7 Å². The van der Waals surface area contributed by atoms with Gasteiger partial charge in [-0.2, -0.15) is 5.10 Å². The van der Waals surface area contributed by atoms with Crippen LogP contribution < -0.4 is 15.4 Å². The van der Waals surface area contributed by atoms with Crippen LogP contribution in [0.3, 0.4) is 0 Å². The second-order valence-electron chi connectivity index (χ2n) is 12.1. The van der Waals surface area contributed by atoms with Crippen LogP contribution >= 0.6 is 23.2 Å². The Morgan fingerprint density at radius 1 is 0.956 bits per heavy atom. The highest BCUT2D eigenvalue weighted by molar-refractivity contribution is 6.39. The van der Waals surface area contributed by atoms with E-state index in [0.717, 1.165) is 60.4 Å². The van der Waals surface area contributed by atoms with Crippen molar-refractivity contribution in [2.24, 2.45) is 0 Å². The first kappa shape index (κ1) is 30.2. The molecule has 0 spiro atoms. The molecule has 3 aliphatic heterocycles. The van der Waals surface area contributed by atoms with Gasteiger partial charge in [-0.25, -0.2) is 4.98 Å². The number of carbonyl (C=O) groups is 1. The largest absolute Gasteiger partial charge is 0.480 e. The third-order valence-corrected chi connectivity index (χ3v) is 10.0. The number of nitrogens with one attached hydrogen (secondary N) is 2. The number of aromatic nitrogens is 4. The van der Waals surface area contributed by atoms with Gasteiger partial charge in [0, 0.05) is 54.4 Å². The molecule has 4 aromatic rings. The molecule has 45 heavy (non-hydrogen) atoms. The molecule has 9 nitrogen and oxygen atoms in total. The monoisotopic (exact) mass is 645 g/mol. The topological polar surface area (TPSA) is 97.2 Å². The SMILES string of the molecule is COc1nc(-c2cccc(-c3cccc(-c4cc5n(n4)CCCC5N4CCCC4)c3Cl)c2Cl)cnc1CNC[C@@H]1CCC(=O)N1. The van der Waals surface area contributed by atoms with Gasteiger partial charge in [-0.1, -0.05) is 59.6 Å². The number of hydrogen-bond acceptors (Lipinski definition) is 7. The molecule has 2 aromatic carbocycles. The minimum atomic E-state index is 0.0991. The molecule has 7 rings (SSSR count). The molecule has 2 N–H and O–H groups in total. The van der Waals surface area contributed by atoms with Crippen LogP contribution in [0.5, 0.6) is 5.88 Å². The predicted molar refractivity (Wildman–Crippen MR) is 176 cm³/mol. The van der Waals surface area contributed by atoms with Gasteiger partial charge < -0.3 is 15.4 Å². The highest BCUT2D eigenvalue weighted by atomic mass is 35.5. The van der Waals surface area contributed by atoms with E-state index in [9.17, 15) is 4.79 Å². The fourth-order valence-corrected chi connectivity index (χ4v) is 7.55. The number of rotatable bonds is 9. The molecule has 2 aromatic heterocycles. The lowest BCUT2D eigenvalue weighted by molar-refractivity contribution is -0.119. The average Bonchev–Trinajstić information content (AvgIpc) is 3.83. The Morgan fingerprint density at radius 3 is 2.36 bits per heavy atom. The highest BCUT2D eigenvalue weighted by Crippen LogP contribution is 2.43. The lowest BCUT2D eigenvalue weighted by atomic mass is 9.98. The molecular weight excluding hydrogens is 609 g/mol. The van der Waals surface area contributed by atoms with Gasteiger partial charge >= 0.3 is 0 Å². The summed E-state index contributed by atoms with van der Waals surface area (Å²) in [4.78, 5) is 23.5. The Morgan fingerprint density at radius 2 is 1.67 bits per heavy atom. The molecule has 0 saturated carbocycles. The molecule has 0 aliphatic carbocycles. The number of fused-ring (bicyclic) bond motifs is 1. The van der Waals surface area contributed by atoms with E-state index in [0.29, 0.717) is 52.9 Å². The van der Waals surface area contributed by atoms with Crippen molar-refractivity contribution < 1.29 is 9.53 Å². The van der Waals surface area contributed by atoms with Gasteiger partial charge in [-0.15, -0.1) is 0 Å². The number of halogens is 2. The Kier molecular flexibility index (Phi) is 8.77. The minimum absolute atomic E-state index is 0.0991. The molecule has 2 fully saturated rings. The Balaban J connectivity index is 1.15. The van der Waals surface area contributed by atoms with E-state index in [-0.39, 0.29) is 11.9 Å². The van der Waals surface area contributed by atoms with Gasteiger partial charge in [-0.05, 0) is 51.3 Å². The van der Waals surface area contributed by atoms with Crippen molar-refractivity contribution in [1.82, 2.24) is 35.3 Å². The van der Waals surface area contributed by atoms with Gasteiger partial charge in [0.15, 0.2) is 0 Å². The Bertz CT molecular complexity index is 1720. The number of amides is 1. The van der Waals surface area contributed by atoms with Gasteiger partial charge in [0.2, 0.25) is 11.8 Å². The van der Waals surface area contributed by atoms with Crippen LogP contribution in [0.4, 0.5) is 0 Å². The van der Waals surface area contributed by atoms with Gasteiger partial charge in [0.25, 0.3) is 0 Å². The number of benzene rings is 2. The van der Waals surface area contributed by atoms with Crippen molar-refractivity contribution in [2.45, 2.75) is 63.7 Å². The zero-order chi connectivity index (χ0) is 30.9. The summed E-state index contributed by atoms with van der Waals surface area (Å²) in [5.41, 5.74) is 6.75. The number of ether oxygens (including phenoxy) is 1. The van der Waals surface area contributed by atoms with Crippen molar-refractivity contribution in [3.63, 3.8) is 0 Å². The summed E-state index contributed by atoms with van der Waals surface area (Å²) < 4.78 is 7.78. The van der Waals surface area contributed by atoms with Crippen molar-refractivity contribution in [3.8, 4) is 39.5 Å². The molecule has 0 bridgehead atoms. The van der Waals surface area contributed by atoms with Crippen LogP contribution in [0, 0.1) is 0 Å². The summed E-state index contributed by atoms with van der Waals surface area (Å²) in [7, 11) is 1.58. The zero-order valence-electron chi connectivity index (χ0n) is 25.4. The minimum Gasteiger partial charge on any atom is -0.480 e. The fraction of sp³-hybridized carbons (Fsp3) is 0.412. The van der Waals surface area contributed by atoms with E-state index < -0.39 is 0 Å². The summed E-state index contributed by atoms with van der Waals surface area (Å²) in [6.07, 6.45) is 7.97.